The quantitative estimate of drug-likeness (QED) is 0.625. The van der Waals surface area contributed by atoms with Crippen molar-refractivity contribution in [3.8, 4) is 11.8 Å². The Morgan fingerprint density at radius 1 is 0.786 bits per heavy atom. The van der Waals surface area contributed by atoms with Crippen LogP contribution in [-0.4, -0.2) is 11.6 Å². The number of carbonyl (C=O) groups excluding carboxylic acids is 2. The molecule has 0 aromatic heterocycles. The van der Waals surface area contributed by atoms with E-state index in [4.69, 9.17) is 11.6 Å². The van der Waals surface area contributed by atoms with Crippen LogP contribution in [0.25, 0.3) is 0 Å². The molecule has 0 aliphatic heterocycles. The SMILES string of the molecule is O=C1C=C(Nc2ccc(Cl)cc2C#Cc2ccccc2)C(=O)c2ccccc21. The fourth-order valence-corrected chi connectivity index (χ4v) is 3.12. The third-order valence-electron chi connectivity index (χ3n) is 4.32. The van der Waals surface area contributed by atoms with E-state index in [1.807, 2.05) is 30.3 Å². The van der Waals surface area contributed by atoms with Gasteiger partial charge in [0.15, 0.2) is 5.78 Å². The number of hydrogen-bond donors (Lipinski definition) is 1. The summed E-state index contributed by atoms with van der Waals surface area (Å²) in [6.07, 6.45) is 1.33. The van der Waals surface area contributed by atoms with Gasteiger partial charge in [0, 0.05) is 33.4 Å². The van der Waals surface area contributed by atoms with Crippen molar-refractivity contribution in [3.63, 3.8) is 0 Å². The number of halogens is 1. The van der Waals surface area contributed by atoms with E-state index in [9.17, 15) is 9.59 Å². The monoisotopic (exact) mass is 383 g/mol. The zero-order valence-electron chi connectivity index (χ0n) is 14.7. The average molecular weight is 384 g/mol. The molecule has 0 spiro atoms. The number of hydrogen-bond acceptors (Lipinski definition) is 3. The van der Waals surface area contributed by atoms with E-state index in [0.29, 0.717) is 27.4 Å². The van der Waals surface area contributed by atoms with E-state index >= 15 is 0 Å². The van der Waals surface area contributed by atoms with Crippen LogP contribution >= 0.6 is 11.6 Å². The van der Waals surface area contributed by atoms with Crippen molar-refractivity contribution in [2.75, 3.05) is 5.32 Å². The summed E-state index contributed by atoms with van der Waals surface area (Å²) < 4.78 is 0. The maximum Gasteiger partial charge on any atom is 0.210 e. The summed E-state index contributed by atoms with van der Waals surface area (Å²) in [7, 11) is 0. The van der Waals surface area contributed by atoms with Gasteiger partial charge in [0.05, 0.1) is 11.4 Å². The lowest BCUT2D eigenvalue weighted by molar-refractivity contribution is 0.0985. The molecule has 3 aromatic carbocycles. The van der Waals surface area contributed by atoms with Crippen LogP contribution in [0.2, 0.25) is 5.02 Å². The molecule has 3 aromatic rings. The van der Waals surface area contributed by atoms with Gasteiger partial charge in [-0.1, -0.05) is 65.9 Å². The average Bonchev–Trinajstić information content (AvgIpc) is 2.72. The van der Waals surface area contributed by atoms with Crippen molar-refractivity contribution >= 4 is 28.9 Å². The van der Waals surface area contributed by atoms with Crippen LogP contribution in [0, 0.1) is 11.8 Å². The van der Waals surface area contributed by atoms with E-state index in [0.717, 1.165) is 5.56 Å². The maximum absolute atomic E-state index is 12.8. The molecule has 0 saturated carbocycles. The number of allylic oxidation sites excluding steroid dienone is 2. The molecular weight excluding hydrogens is 370 g/mol. The smallest absolute Gasteiger partial charge is 0.210 e. The summed E-state index contributed by atoms with van der Waals surface area (Å²) in [4.78, 5) is 25.1. The summed E-state index contributed by atoms with van der Waals surface area (Å²) in [6, 6.07) is 21.5. The first-order valence-electron chi connectivity index (χ1n) is 8.65. The Kier molecular flexibility index (Phi) is 4.80. The van der Waals surface area contributed by atoms with Crippen LogP contribution in [0.1, 0.15) is 31.8 Å². The molecule has 0 heterocycles. The number of rotatable bonds is 2. The lowest BCUT2D eigenvalue weighted by Crippen LogP contribution is -2.21. The predicted molar refractivity (Wildman–Crippen MR) is 111 cm³/mol. The van der Waals surface area contributed by atoms with Crippen LogP contribution in [-0.2, 0) is 0 Å². The molecule has 134 valence electrons. The molecule has 0 fully saturated rings. The van der Waals surface area contributed by atoms with Gasteiger partial charge in [0.2, 0.25) is 5.78 Å². The Labute approximate surface area is 167 Å². The highest BCUT2D eigenvalue weighted by molar-refractivity contribution is 6.31. The lowest BCUT2D eigenvalue weighted by atomic mass is 9.92. The first-order valence-corrected chi connectivity index (χ1v) is 9.03. The van der Waals surface area contributed by atoms with Gasteiger partial charge >= 0.3 is 0 Å². The summed E-state index contributed by atoms with van der Waals surface area (Å²) in [5.41, 5.74) is 3.14. The largest absolute Gasteiger partial charge is 0.351 e. The predicted octanol–water partition coefficient (Wildman–Crippen LogP) is 5.11. The molecule has 28 heavy (non-hydrogen) atoms. The topological polar surface area (TPSA) is 46.2 Å². The summed E-state index contributed by atoms with van der Waals surface area (Å²) in [5, 5.41) is 3.60. The third-order valence-corrected chi connectivity index (χ3v) is 4.56. The molecule has 1 aliphatic rings. The van der Waals surface area contributed by atoms with E-state index in [2.05, 4.69) is 17.2 Å². The zero-order chi connectivity index (χ0) is 19.5. The van der Waals surface area contributed by atoms with Crippen LogP contribution in [0.3, 0.4) is 0 Å². The highest BCUT2D eigenvalue weighted by atomic mass is 35.5. The molecule has 1 N–H and O–H groups in total. The van der Waals surface area contributed by atoms with Crippen LogP contribution in [0.15, 0.2) is 84.6 Å². The van der Waals surface area contributed by atoms with Crippen LogP contribution < -0.4 is 5.32 Å². The number of anilines is 1. The zero-order valence-corrected chi connectivity index (χ0v) is 15.5. The second kappa shape index (κ2) is 7.56. The molecule has 0 amide bonds. The van der Waals surface area contributed by atoms with Crippen LogP contribution in [0.5, 0.6) is 0 Å². The maximum atomic E-state index is 12.8. The molecule has 0 saturated heterocycles. The Hall–Kier alpha value is -3.61. The van der Waals surface area contributed by atoms with Crippen LogP contribution in [0.4, 0.5) is 5.69 Å². The second-order valence-corrected chi connectivity index (χ2v) is 6.66. The van der Waals surface area contributed by atoms with Gasteiger partial charge in [-0.05, 0) is 30.3 Å². The summed E-state index contributed by atoms with van der Waals surface area (Å²) in [6.45, 7) is 0. The third kappa shape index (κ3) is 3.59. The van der Waals surface area contributed by atoms with Gasteiger partial charge in [-0.3, -0.25) is 9.59 Å². The van der Waals surface area contributed by atoms with Gasteiger partial charge in [0.25, 0.3) is 0 Å². The molecule has 0 atom stereocenters. The highest BCUT2D eigenvalue weighted by Gasteiger charge is 2.25. The van der Waals surface area contributed by atoms with Crippen molar-refractivity contribution < 1.29 is 9.59 Å². The number of fused-ring (bicyclic) bond motifs is 1. The lowest BCUT2D eigenvalue weighted by Gasteiger charge is -2.17. The number of carbonyl (C=O) groups is 2. The number of Topliss-reactive ketones (excluding diaryl/α,β-unsaturated/α-hetero) is 1. The first kappa shape index (κ1) is 17.8. The Bertz CT molecular complexity index is 1180. The molecular formula is C24H14ClNO2. The van der Waals surface area contributed by atoms with Gasteiger partial charge in [-0.15, -0.1) is 0 Å². The van der Waals surface area contributed by atoms with Crippen molar-refractivity contribution in [3.05, 3.63) is 112 Å². The van der Waals surface area contributed by atoms with Crippen molar-refractivity contribution in [1.29, 1.82) is 0 Å². The minimum Gasteiger partial charge on any atom is -0.351 e. The molecule has 3 nitrogen and oxygen atoms in total. The Morgan fingerprint density at radius 2 is 1.50 bits per heavy atom. The van der Waals surface area contributed by atoms with E-state index in [1.165, 1.54) is 6.08 Å². The summed E-state index contributed by atoms with van der Waals surface area (Å²) in [5.74, 6) is 5.73. The van der Waals surface area contributed by atoms with E-state index in [-0.39, 0.29) is 17.3 Å². The standard InChI is InChI=1S/C24H14ClNO2/c25-18-12-13-21(17(14-18)11-10-16-6-2-1-3-7-16)26-22-15-23(27)19-8-4-5-9-20(19)24(22)28/h1-9,12-15,26H. The van der Waals surface area contributed by atoms with Gasteiger partial charge in [-0.2, -0.15) is 0 Å². The Morgan fingerprint density at radius 3 is 2.29 bits per heavy atom. The highest BCUT2D eigenvalue weighted by Crippen LogP contribution is 2.26. The second-order valence-electron chi connectivity index (χ2n) is 6.23. The molecule has 1 aliphatic carbocycles. The van der Waals surface area contributed by atoms with Gasteiger partial charge in [-0.25, -0.2) is 0 Å². The normalized spacial score (nSPS) is 12.5. The van der Waals surface area contributed by atoms with Gasteiger partial charge in [0.1, 0.15) is 0 Å². The fourth-order valence-electron chi connectivity index (χ4n) is 2.94. The van der Waals surface area contributed by atoms with Crippen molar-refractivity contribution in [2.24, 2.45) is 0 Å². The van der Waals surface area contributed by atoms with Crippen molar-refractivity contribution in [1.82, 2.24) is 0 Å². The molecule has 4 rings (SSSR count). The minimum absolute atomic E-state index is 0.205. The molecule has 4 heteroatoms. The minimum atomic E-state index is -0.230. The number of nitrogens with one attached hydrogen (secondary N) is 1. The van der Waals surface area contributed by atoms with Crippen molar-refractivity contribution in [2.45, 2.75) is 0 Å². The molecule has 0 bridgehead atoms. The first-order chi connectivity index (χ1) is 13.6. The van der Waals surface area contributed by atoms with E-state index in [1.54, 1.807) is 42.5 Å². The fraction of sp³-hybridized carbons (Fsp3) is 0. The number of benzene rings is 3. The Balaban J connectivity index is 1.69. The number of ketones is 2. The van der Waals surface area contributed by atoms with E-state index < -0.39 is 0 Å². The molecule has 0 unspecified atom stereocenters. The van der Waals surface area contributed by atoms with Gasteiger partial charge < -0.3 is 5.32 Å². The molecule has 0 radical (unpaired) electrons. The summed E-state index contributed by atoms with van der Waals surface area (Å²) >= 11 is 6.13.